The highest BCUT2D eigenvalue weighted by Crippen LogP contribution is 2.66. The molecule has 0 aromatic carbocycles. The maximum absolute atomic E-state index is 15.1. The minimum Gasteiger partial charge on any atom is -0.393 e. The molecule has 0 aromatic rings. The number of carbonyl (C=O) groups is 1. The van der Waals surface area contributed by atoms with Crippen LogP contribution < -0.4 is 0 Å². The Morgan fingerprint density at radius 2 is 2.00 bits per heavy atom. The normalized spacial score (nSPS) is 53.6. The summed E-state index contributed by atoms with van der Waals surface area (Å²) >= 11 is 0. The number of halogens is 1. The monoisotopic (exact) mass is 334 g/mol. The number of hydrogen-bond acceptors (Lipinski definition) is 2. The molecule has 3 heteroatoms. The summed E-state index contributed by atoms with van der Waals surface area (Å²) in [5, 5.41) is 10.00. The summed E-state index contributed by atoms with van der Waals surface area (Å²) in [7, 11) is 0. The van der Waals surface area contributed by atoms with Crippen molar-refractivity contribution in [3.8, 4) is 0 Å². The first-order valence-electron chi connectivity index (χ1n) is 9.80. The van der Waals surface area contributed by atoms with Gasteiger partial charge in [-0.3, -0.25) is 4.79 Å². The highest BCUT2D eigenvalue weighted by Gasteiger charge is 2.61. The number of aliphatic hydroxyl groups excluding tert-OH is 1. The Labute approximate surface area is 144 Å². The van der Waals surface area contributed by atoms with Crippen LogP contribution in [0.25, 0.3) is 0 Å². The Hall–Kier alpha value is -0.700. The molecule has 2 unspecified atom stereocenters. The average molecular weight is 334 g/mol. The van der Waals surface area contributed by atoms with Crippen molar-refractivity contribution in [1.82, 2.24) is 0 Å². The van der Waals surface area contributed by atoms with Crippen molar-refractivity contribution >= 4 is 5.78 Å². The van der Waals surface area contributed by atoms with Crippen molar-refractivity contribution in [2.45, 2.75) is 78.0 Å². The van der Waals surface area contributed by atoms with Gasteiger partial charge in [0, 0.05) is 17.8 Å². The molecule has 24 heavy (non-hydrogen) atoms. The van der Waals surface area contributed by atoms with E-state index in [1.54, 1.807) is 6.92 Å². The largest absolute Gasteiger partial charge is 0.393 e. The number of carbonyl (C=O) groups excluding carboxylic acids is 1. The maximum atomic E-state index is 15.1. The summed E-state index contributed by atoms with van der Waals surface area (Å²) in [4.78, 5) is 12.1. The van der Waals surface area contributed by atoms with E-state index in [4.69, 9.17) is 0 Å². The fraction of sp³-hybridized carbons (Fsp3) is 0.857. The Morgan fingerprint density at radius 1 is 1.25 bits per heavy atom. The van der Waals surface area contributed by atoms with Gasteiger partial charge < -0.3 is 5.11 Å². The fourth-order valence-electron chi connectivity index (χ4n) is 7.32. The highest BCUT2D eigenvalue weighted by atomic mass is 19.1. The second-order valence-electron chi connectivity index (χ2n) is 9.47. The van der Waals surface area contributed by atoms with Crippen molar-refractivity contribution in [2.75, 3.05) is 0 Å². The van der Waals surface area contributed by atoms with Crippen molar-refractivity contribution in [3.05, 3.63) is 11.6 Å². The first-order valence-corrected chi connectivity index (χ1v) is 9.80. The molecule has 0 amide bonds. The molecule has 3 saturated carbocycles. The molecule has 0 spiro atoms. The second kappa shape index (κ2) is 5.40. The molecule has 0 saturated heterocycles. The van der Waals surface area contributed by atoms with Gasteiger partial charge in [-0.2, -0.15) is 0 Å². The van der Waals surface area contributed by atoms with Gasteiger partial charge in [-0.1, -0.05) is 25.5 Å². The topological polar surface area (TPSA) is 37.3 Å². The molecule has 3 fully saturated rings. The zero-order valence-electron chi connectivity index (χ0n) is 15.2. The summed E-state index contributed by atoms with van der Waals surface area (Å²) in [5.41, 5.74) is 0.895. The Balaban J connectivity index is 1.69. The molecule has 0 aromatic heterocycles. The molecule has 1 N–H and O–H groups in total. The molecular weight excluding hydrogens is 303 g/mol. The average Bonchev–Trinajstić information content (AvgIpc) is 2.86. The van der Waals surface area contributed by atoms with Gasteiger partial charge in [-0.15, -0.1) is 0 Å². The van der Waals surface area contributed by atoms with Crippen molar-refractivity contribution in [2.24, 2.45) is 34.5 Å². The lowest BCUT2D eigenvalue weighted by Crippen LogP contribution is -2.54. The third-order valence-electron chi connectivity index (χ3n) is 8.61. The number of rotatable bonds is 1. The highest BCUT2D eigenvalue weighted by molar-refractivity contribution is 5.79. The summed E-state index contributed by atoms with van der Waals surface area (Å²) in [6, 6.07) is 0. The molecule has 4 rings (SSSR count). The smallest absolute Gasteiger partial charge is 0.133 e. The zero-order chi connectivity index (χ0) is 17.3. The van der Waals surface area contributed by atoms with Gasteiger partial charge in [0.25, 0.3) is 0 Å². The van der Waals surface area contributed by atoms with Crippen LogP contribution in [0.5, 0.6) is 0 Å². The second-order valence-corrected chi connectivity index (χ2v) is 9.47. The number of alkyl halides is 1. The van der Waals surface area contributed by atoms with E-state index in [1.165, 1.54) is 5.57 Å². The van der Waals surface area contributed by atoms with E-state index in [0.717, 1.165) is 32.1 Å². The number of allylic oxidation sites excluding steroid dienone is 1. The molecule has 0 aliphatic heterocycles. The van der Waals surface area contributed by atoms with Crippen LogP contribution in [0, 0.1) is 34.5 Å². The molecule has 4 aliphatic rings. The van der Waals surface area contributed by atoms with Crippen LogP contribution in [0.2, 0.25) is 0 Å². The van der Waals surface area contributed by atoms with Crippen molar-refractivity contribution < 1.29 is 14.3 Å². The lowest BCUT2D eigenvalue weighted by atomic mass is 9.47. The minimum absolute atomic E-state index is 0.120. The van der Waals surface area contributed by atoms with Crippen LogP contribution in [0.3, 0.4) is 0 Å². The Bertz CT molecular complexity index is 584. The summed E-state index contributed by atoms with van der Waals surface area (Å²) in [5.74, 6) is 2.00. The lowest BCUT2D eigenvalue weighted by molar-refractivity contribution is -0.128. The van der Waals surface area contributed by atoms with E-state index >= 15 is 4.39 Å². The number of aliphatic hydroxyl groups is 1. The van der Waals surface area contributed by atoms with E-state index in [2.05, 4.69) is 19.9 Å². The Kier molecular flexibility index (Phi) is 3.77. The van der Waals surface area contributed by atoms with Gasteiger partial charge in [0.2, 0.25) is 0 Å². The summed E-state index contributed by atoms with van der Waals surface area (Å²) < 4.78 is 15.1. The van der Waals surface area contributed by atoms with Crippen LogP contribution in [0.4, 0.5) is 4.39 Å². The van der Waals surface area contributed by atoms with E-state index in [1.807, 2.05) is 0 Å². The standard InChI is InChI=1S/C21H31FO2/c1-12(23)16-6-7-17-15-5-4-13-10-14(24)11-19(22)21(13,3)18(15)8-9-20(16,17)2/h4,14-19,24H,5-11H2,1-3H3/t14?,15-,16+,17-,18-,19?,20+,21-/m0/s1. The Morgan fingerprint density at radius 3 is 2.71 bits per heavy atom. The van der Waals surface area contributed by atoms with Crippen LogP contribution in [-0.2, 0) is 4.79 Å². The third kappa shape index (κ3) is 2.06. The third-order valence-corrected chi connectivity index (χ3v) is 8.61. The summed E-state index contributed by atoms with van der Waals surface area (Å²) in [6.45, 7) is 6.20. The SMILES string of the molecule is CC(=O)[C@H]1CC[C@H]2[C@@H]3CC=C4CC(O)CC(F)[C@]4(C)[C@H]3CC[C@]12C. The number of hydrogen-bond donors (Lipinski definition) is 1. The van der Waals surface area contributed by atoms with Gasteiger partial charge in [0.05, 0.1) is 6.10 Å². The first kappa shape index (κ1) is 16.8. The summed E-state index contributed by atoms with van der Waals surface area (Å²) in [6.07, 6.45) is 6.99. The van der Waals surface area contributed by atoms with Crippen molar-refractivity contribution in [3.63, 3.8) is 0 Å². The van der Waals surface area contributed by atoms with Crippen LogP contribution in [-0.4, -0.2) is 23.2 Å². The van der Waals surface area contributed by atoms with Gasteiger partial charge >= 0.3 is 0 Å². The molecule has 0 radical (unpaired) electrons. The van der Waals surface area contributed by atoms with Crippen LogP contribution in [0.15, 0.2) is 11.6 Å². The molecule has 4 aliphatic carbocycles. The molecule has 0 heterocycles. The molecule has 0 bridgehead atoms. The molecule has 134 valence electrons. The molecule has 8 atom stereocenters. The fourth-order valence-corrected chi connectivity index (χ4v) is 7.32. The maximum Gasteiger partial charge on any atom is 0.133 e. The van der Waals surface area contributed by atoms with Gasteiger partial charge in [0.1, 0.15) is 12.0 Å². The first-order chi connectivity index (χ1) is 11.3. The van der Waals surface area contributed by atoms with E-state index in [-0.39, 0.29) is 17.8 Å². The quantitative estimate of drug-likeness (QED) is 0.719. The molecular formula is C21H31FO2. The minimum atomic E-state index is -0.935. The zero-order valence-corrected chi connectivity index (χ0v) is 15.2. The van der Waals surface area contributed by atoms with E-state index < -0.39 is 17.7 Å². The number of fused-ring (bicyclic) bond motifs is 5. The predicted molar refractivity (Wildman–Crippen MR) is 92.2 cm³/mol. The van der Waals surface area contributed by atoms with Gasteiger partial charge in [0.15, 0.2) is 0 Å². The van der Waals surface area contributed by atoms with E-state index in [9.17, 15) is 9.90 Å². The number of ketones is 1. The van der Waals surface area contributed by atoms with Crippen LogP contribution in [0.1, 0.15) is 65.7 Å². The predicted octanol–water partition coefficient (Wildman–Crippen LogP) is 4.46. The lowest BCUT2D eigenvalue weighted by Gasteiger charge is -2.58. The van der Waals surface area contributed by atoms with Gasteiger partial charge in [-0.25, -0.2) is 4.39 Å². The van der Waals surface area contributed by atoms with Crippen molar-refractivity contribution in [1.29, 1.82) is 0 Å². The molecule has 2 nitrogen and oxygen atoms in total. The number of Topliss-reactive ketones (excluding diaryl/α,β-unsaturated/α-hetero) is 1. The van der Waals surface area contributed by atoms with Gasteiger partial charge in [-0.05, 0) is 68.6 Å². The van der Waals surface area contributed by atoms with E-state index in [0.29, 0.717) is 30.0 Å². The van der Waals surface area contributed by atoms with Crippen LogP contribution >= 0.6 is 0 Å².